The zero-order valence-electron chi connectivity index (χ0n) is 11.0. The van der Waals surface area contributed by atoms with E-state index in [1.54, 1.807) is 6.26 Å². The molecule has 2 rings (SSSR count). The lowest BCUT2D eigenvalue weighted by molar-refractivity contribution is 0.503. The van der Waals surface area contributed by atoms with Crippen LogP contribution in [0.15, 0.2) is 47.1 Å². The molecule has 3 nitrogen and oxygen atoms in total. The van der Waals surface area contributed by atoms with Gasteiger partial charge in [-0.15, -0.1) is 0 Å². The van der Waals surface area contributed by atoms with E-state index in [-0.39, 0.29) is 0 Å². The fraction of sp³-hybridized carbons (Fsp3) is 0.333. The van der Waals surface area contributed by atoms with Crippen LogP contribution in [0.5, 0.6) is 0 Å². The van der Waals surface area contributed by atoms with Crippen molar-refractivity contribution in [1.82, 2.24) is 5.32 Å². The molecule has 0 amide bonds. The zero-order valence-corrected chi connectivity index (χ0v) is 11.0. The Morgan fingerprint density at radius 2 is 1.94 bits per heavy atom. The van der Waals surface area contributed by atoms with E-state index in [9.17, 15) is 0 Å². The molecule has 1 heterocycles. The molecule has 1 N–H and O–H groups in total. The van der Waals surface area contributed by atoms with Crippen molar-refractivity contribution in [2.24, 2.45) is 0 Å². The first-order chi connectivity index (χ1) is 8.83. The summed E-state index contributed by atoms with van der Waals surface area (Å²) >= 11 is 0. The highest BCUT2D eigenvalue weighted by Gasteiger charge is 2.06. The van der Waals surface area contributed by atoms with Gasteiger partial charge in [-0.25, -0.2) is 0 Å². The van der Waals surface area contributed by atoms with E-state index in [1.807, 2.05) is 19.2 Å². The van der Waals surface area contributed by atoms with Crippen molar-refractivity contribution in [1.29, 1.82) is 0 Å². The predicted molar refractivity (Wildman–Crippen MR) is 74.6 cm³/mol. The van der Waals surface area contributed by atoms with Crippen LogP contribution in [0.1, 0.15) is 18.2 Å². The van der Waals surface area contributed by atoms with Gasteiger partial charge in [0.15, 0.2) is 0 Å². The van der Waals surface area contributed by atoms with E-state index in [0.717, 1.165) is 25.4 Å². The van der Waals surface area contributed by atoms with Gasteiger partial charge in [0.05, 0.1) is 12.8 Å². The molecule has 0 saturated carbocycles. The fourth-order valence-corrected chi connectivity index (χ4v) is 2.01. The molecule has 0 radical (unpaired) electrons. The van der Waals surface area contributed by atoms with E-state index in [1.165, 1.54) is 11.3 Å². The minimum absolute atomic E-state index is 0.814. The largest absolute Gasteiger partial charge is 0.467 e. The van der Waals surface area contributed by atoms with Crippen molar-refractivity contribution >= 4 is 5.69 Å². The summed E-state index contributed by atoms with van der Waals surface area (Å²) in [5.41, 5.74) is 2.53. The second-order valence-electron chi connectivity index (χ2n) is 4.29. The van der Waals surface area contributed by atoms with Crippen LogP contribution >= 0.6 is 0 Å². The van der Waals surface area contributed by atoms with Gasteiger partial charge in [-0.2, -0.15) is 0 Å². The minimum atomic E-state index is 0.814. The molecule has 96 valence electrons. The maximum atomic E-state index is 5.40. The van der Waals surface area contributed by atoms with Crippen LogP contribution < -0.4 is 10.2 Å². The first-order valence-electron chi connectivity index (χ1n) is 6.34. The molecular formula is C15H20N2O. The van der Waals surface area contributed by atoms with Gasteiger partial charge >= 0.3 is 0 Å². The van der Waals surface area contributed by atoms with Gasteiger partial charge in [0, 0.05) is 18.8 Å². The smallest absolute Gasteiger partial charge is 0.123 e. The second kappa shape index (κ2) is 6.26. The van der Waals surface area contributed by atoms with E-state index in [2.05, 4.69) is 41.4 Å². The van der Waals surface area contributed by atoms with Gasteiger partial charge in [-0.1, -0.05) is 12.1 Å². The highest BCUT2D eigenvalue weighted by molar-refractivity contribution is 5.47. The Kier molecular flexibility index (Phi) is 4.42. The summed E-state index contributed by atoms with van der Waals surface area (Å²) in [7, 11) is 1.96. The maximum Gasteiger partial charge on any atom is 0.123 e. The molecule has 0 aliphatic carbocycles. The van der Waals surface area contributed by atoms with Crippen LogP contribution in [-0.4, -0.2) is 13.6 Å². The van der Waals surface area contributed by atoms with Crippen LogP contribution in [0.2, 0.25) is 0 Å². The highest BCUT2D eigenvalue weighted by atomic mass is 16.3. The topological polar surface area (TPSA) is 28.4 Å². The Morgan fingerprint density at radius 1 is 1.17 bits per heavy atom. The SMILES string of the molecule is CCN(Cc1ccco1)c1ccc(CNC)cc1. The molecule has 0 aliphatic heterocycles. The van der Waals surface area contributed by atoms with Gasteiger partial charge in [0.1, 0.15) is 5.76 Å². The minimum Gasteiger partial charge on any atom is -0.467 e. The number of benzene rings is 1. The molecule has 0 saturated heterocycles. The molecule has 1 aromatic carbocycles. The van der Waals surface area contributed by atoms with Crippen molar-refractivity contribution in [3.05, 3.63) is 54.0 Å². The number of hydrogen-bond donors (Lipinski definition) is 1. The molecule has 0 fully saturated rings. The lowest BCUT2D eigenvalue weighted by Gasteiger charge is -2.22. The molecule has 18 heavy (non-hydrogen) atoms. The van der Waals surface area contributed by atoms with E-state index < -0.39 is 0 Å². The monoisotopic (exact) mass is 244 g/mol. The number of furan rings is 1. The third-order valence-electron chi connectivity index (χ3n) is 2.99. The zero-order chi connectivity index (χ0) is 12.8. The summed E-state index contributed by atoms with van der Waals surface area (Å²) in [5, 5.41) is 3.15. The standard InChI is InChI=1S/C15H20N2O/c1-3-17(12-15-5-4-10-18-15)14-8-6-13(7-9-14)11-16-2/h4-10,16H,3,11-12H2,1-2H3. The number of nitrogens with zero attached hydrogens (tertiary/aromatic N) is 1. The van der Waals surface area contributed by atoms with Gasteiger partial charge in [0.2, 0.25) is 0 Å². The average molecular weight is 244 g/mol. The van der Waals surface area contributed by atoms with Gasteiger partial charge in [0.25, 0.3) is 0 Å². The first-order valence-corrected chi connectivity index (χ1v) is 6.34. The lowest BCUT2D eigenvalue weighted by Crippen LogP contribution is -2.21. The molecule has 0 aliphatic rings. The summed E-state index contributed by atoms with van der Waals surface area (Å²) in [4.78, 5) is 2.29. The molecule has 3 heteroatoms. The maximum absolute atomic E-state index is 5.40. The van der Waals surface area contributed by atoms with Crippen molar-refractivity contribution < 1.29 is 4.42 Å². The van der Waals surface area contributed by atoms with Gasteiger partial charge in [-0.3, -0.25) is 0 Å². The predicted octanol–water partition coefficient (Wildman–Crippen LogP) is 3.03. The van der Waals surface area contributed by atoms with E-state index >= 15 is 0 Å². The molecule has 1 aromatic heterocycles. The number of hydrogen-bond acceptors (Lipinski definition) is 3. The van der Waals surface area contributed by atoms with Crippen molar-refractivity contribution in [3.8, 4) is 0 Å². The fourth-order valence-electron chi connectivity index (χ4n) is 2.01. The summed E-state index contributed by atoms with van der Waals surface area (Å²) in [6, 6.07) is 12.6. The van der Waals surface area contributed by atoms with Crippen molar-refractivity contribution in [3.63, 3.8) is 0 Å². The summed E-state index contributed by atoms with van der Waals surface area (Å²) in [5.74, 6) is 0.996. The van der Waals surface area contributed by atoms with Crippen LogP contribution in [0.3, 0.4) is 0 Å². The summed E-state index contributed by atoms with van der Waals surface area (Å²) in [6.07, 6.45) is 1.72. The molecule has 2 aromatic rings. The number of rotatable bonds is 6. The van der Waals surface area contributed by atoms with Crippen LogP contribution in [0.4, 0.5) is 5.69 Å². The third kappa shape index (κ3) is 3.14. The normalized spacial score (nSPS) is 10.6. The quantitative estimate of drug-likeness (QED) is 0.846. The number of nitrogens with one attached hydrogen (secondary N) is 1. The molecule has 0 atom stereocenters. The molecule has 0 bridgehead atoms. The molecule has 0 unspecified atom stereocenters. The van der Waals surface area contributed by atoms with Gasteiger partial charge < -0.3 is 14.6 Å². The van der Waals surface area contributed by atoms with E-state index in [0.29, 0.717) is 0 Å². The second-order valence-corrected chi connectivity index (χ2v) is 4.29. The van der Waals surface area contributed by atoms with Crippen molar-refractivity contribution in [2.75, 3.05) is 18.5 Å². The van der Waals surface area contributed by atoms with E-state index in [4.69, 9.17) is 4.42 Å². The Balaban J connectivity index is 2.07. The van der Waals surface area contributed by atoms with Crippen LogP contribution in [0.25, 0.3) is 0 Å². The molecule has 0 spiro atoms. The summed E-state index contributed by atoms with van der Waals surface area (Å²) in [6.45, 7) is 4.84. The third-order valence-corrected chi connectivity index (χ3v) is 2.99. The Hall–Kier alpha value is -1.74. The van der Waals surface area contributed by atoms with Gasteiger partial charge in [-0.05, 0) is 43.8 Å². The first kappa shape index (κ1) is 12.7. The summed E-state index contributed by atoms with van der Waals surface area (Å²) < 4.78 is 5.40. The number of anilines is 1. The Morgan fingerprint density at radius 3 is 2.50 bits per heavy atom. The van der Waals surface area contributed by atoms with Crippen LogP contribution in [-0.2, 0) is 13.1 Å². The average Bonchev–Trinajstić information content (AvgIpc) is 2.90. The van der Waals surface area contributed by atoms with Crippen LogP contribution in [0, 0.1) is 0 Å². The molecular weight excluding hydrogens is 224 g/mol. The Bertz CT molecular complexity index is 448. The Labute approximate surface area is 108 Å². The highest BCUT2D eigenvalue weighted by Crippen LogP contribution is 2.18. The lowest BCUT2D eigenvalue weighted by atomic mass is 10.2. The van der Waals surface area contributed by atoms with Crippen molar-refractivity contribution in [2.45, 2.75) is 20.0 Å².